The second kappa shape index (κ2) is 7.17. The lowest BCUT2D eigenvalue weighted by Gasteiger charge is -2.20. The third-order valence-corrected chi connectivity index (χ3v) is 3.75. The van der Waals surface area contributed by atoms with Gasteiger partial charge in [0.2, 0.25) is 0 Å². The number of nitrogens with one attached hydrogen (secondary N) is 1. The average Bonchev–Trinajstić information content (AvgIpc) is 2.69. The Hall–Kier alpha value is -1.71. The molecule has 1 aromatic rings. The van der Waals surface area contributed by atoms with Gasteiger partial charge in [-0.3, -0.25) is 0 Å². The largest absolute Gasteiger partial charge is 0.462 e. The highest BCUT2D eigenvalue weighted by Crippen LogP contribution is 2.25. The molecule has 1 saturated carbocycles. The van der Waals surface area contributed by atoms with Gasteiger partial charge in [0.25, 0.3) is 0 Å². The van der Waals surface area contributed by atoms with Crippen molar-refractivity contribution in [2.45, 2.75) is 51.5 Å². The van der Waals surface area contributed by atoms with Gasteiger partial charge in [0, 0.05) is 17.4 Å². The lowest BCUT2D eigenvalue weighted by molar-refractivity contribution is 0.0527. The van der Waals surface area contributed by atoms with Crippen molar-refractivity contribution in [3.63, 3.8) is 0 Å². The topological polar surface area (TPSA) is 64.3 Å². The van der Waals surface area contributed by atoms with Gasteiger partial charge in [0.05, 0.1) is 12.2 Å². The highest BCUT2D eigenvalue weighted by Gasteiger charge is 2.17. The quantitative estimate of drug-likeness (QED) is 0.501. The van der Waals surface area contributed by atoms with E-state index in [9.17, 15) is 4.79 Å². The standard InChI is InChI=1S/C16H24N2O2/c1-2-20-16(19)14-11-12(17)9-10-15(14)18-13-7-5-3-4-6-8-13/h9-11,13,18H,2-8,17H2,1H3. The summed E-state index contributed by atoms with van der Waals surface area (Å²) in [4.78, 5) is 12.0. The summed E-state index contributed by atoms with van der Waals surface area (Å²) in [5, 5.41) is 3.50. The molecule has 0 spiro atoms. The molecule has 110 valence electrons. The molecule has 0 bridgehead atoms. The number of rotatable bonds is 4. The first-order valence-corrected chi connectivity index (χ1v) is 7.54. The van der Waals surface area contributed by atoms with Crippen molar-refractivity contribution >= 4 is 17.3 Å². The molecular weight excluding hydrogens is 252 g/mol. The van der Waals surface area contributed by atoms with Gasteiger partial charge in [-0.05, 0) is 38.0 Å². The average molecular weight is 276 g/mol. The Morgan fingerprint density at radius 3 is 2.65 bits per heavy atom. The summed E-state index contributed by atoms with van der Waals surface area (Å²) < 4.78 is 5.10. The molecule has 0 radical (unpaired) electrons. The van der Waals surface area contributed by atoms with Crippen LogP contribution >= 0.6 is 0 Å². The van der Waals surface area contributed by atoms with Crippen LogP contribution in [0.25, 0.3) is 0 Å². The fourth-order valence-corrected chi connectivity index (χ4v) is 2.71. The molecule has 0 atom stereocenters. The molecule has 1 aliphatic carbocycles. The van der Waals surface area contributed by atoms with Crippen LogP contribution in [0.15, 0.2) is 18.2 Å². The fraction of sp³-hybridized carbons (Fsp3) is 0.562. The summed E-state index contributed by atoms with van der Waals surface area (Å²) in [6.07, 6.45) is 7.44. The van der Waals surface area contributed by atoms with Crippen LogP contribution in [0.5, 0.6) is 0 Å². The Morgan fingerprint density at radius 2 is 2.00 bits per heavy atom. The third kappa shape index (κ3) is 3.89. The van der Waals surface area contributed by atoms with Crippen LogP contribution in [-0.4, -0.2) is 18.6 Å². The highest BCUT2D eigenvalue weighted by atomic mass is 16.5. The number of carbonyl (C=O) groups is 1. The zero-order valence-corrected chi connectivity index (χ0v) is 12.2. The Morgan fingerprint density at radius 1 is 1.30 bits per heavy atom. The summed E-state index contributed by atoms with van der Waals surface area (Å²) in [6.45, 7) is 2.18. The maximum absolute atomic E-state index is 12.0. The molecule has 0 unspecified atom stereocenters. The van der Waals surface area contributed by atoms with Crippen molar-refractivity contribution in [1.29, 1.82) is 0 Å². The minimum atomic E-state index is -0.309. The predicted molar refractivity (Wildman–Crippen MR) is 81.9 cm³/mol. The zero-order chi connectivity index (χ0) is 14.4. The number of ether oxygens (including phenoxy) is 1. The third-order valence-electron chi connectivity index (χ3n) is 3.75. The van der Waals surface area contributed by atoms with E-state index in [1.54, 1.807) is 6.07 Å². The zero-order valence-electron chi connectivity index (χ0n) is 12.2. The highest BCUT2D eigenvalue weighted by molar-refractivity contribution is 5.96. The molecule has 4 nitrogen and oxygen atoms in total. The van der Waals surface area contributed by atoms with E-state index in [1.165, 1.54) is 25.7 Å². The summed E-state index contributed by atoms with van der Waals surface area (Å²) in [5.41, 5.74) is 7.74. The SMILES string of the molecule is CCOC(=O)c1cc(N)ccc1NC1CCCCCC1. The van der Waals surface area contributed by atoms with Crippen molar-refractivity contribution in [3.8, 4) is 0 Å². The van der Waals surface area contributed by atoms with Crippen molar-refractivity contribution < 1.29 is 9.53 Å². The first-order valence-electron chi connectivity index (χ1n) is 7.54. The predicted octanol–water partition coefficient (Wildman–Crippen LogP) is 3.58. The van der Waals surface area contributed by atoms with E-state index < -0.39 is 0 Å². The summed E-state index contributed by atoms with van der Waals surface area (Å²) in [6, 6.07) is 5.83. The van der Waals surface area contributed by atoms with Crippen molar-refractivity contribution in [2.75, 3.05) is 17.7 Å². The fourth-order valence-electron chi connectivity index (χ4n) is 2.71. The van der Waals surface area contributed by atoms with E-state index in [-0.39, 0.29) is 5.97 Å². The van der Waals surface area contributed by atoms with Gasteiger partial charge in [-0.1, -0.05) is 25.7 Å². The van der Waals surface area contributed by atoms with E-state index in [4.69, 9.17) is 10.5 Å². The van der Waals surface area contributed by atoms with Crippen LogP contribution in [0.3, 0.4) is 0 Å². The molecule has 1 aliphatic rings. The van der Waals surface area contributed by atoms with E-state index in [2.05, 4.69) is 5.32 Å². The van der Waals surface area contributed by atoms with E-state index in [1.807, 2.05) is 19.1 Å². The molecule has 1 fully saturated rings. The van der Waals surface area contributed by atoms with Gasteiger partial charge >= 0.3 is 5.97 Å². The van der Waals surface area contributed by atoms with Gasteiger partial charge in [0.1, 0.15) is 0 Å². The van der Waals surface area contributed by atoms with Crippen molar-refractivity contribution in [1.82, 2.24) is 0 Å². The van der Waals surface area contributed by atoms with Crippen molar-refractivity contribution in [3.05, 3.63) is 23.8 Å². The van der Waals surface area contributed by atoms with E-state index in [0.29, 0.717) is 23.9 Å². The molecule has 20 heavy (non-hydrogen) atoms. The number of hydrogen-bond donors (Lipinski definition) is 2. The molecule has 1 aromatic carbocycles. The number of nitrogen functional groups attached to an aromatic ring is 1. The Bertz CT molecular complexity index is 452. The molecule has 0 heterocycles. The van der Waals surface area contributed by atoms with Gasteiger partial charge in [-0.25, -0.2) is 4.79 Å². The summed E-state index contributed by atoms with van der Waals surface area (Å²) in [5.74, 6) is -0.309. The van der Waals surface area contributed by atoms with Crippen LogP contribution in [0.4, 0.5) is 11.4 Å². The Labute approximate surface area is 120 Å². The van der Waals surface area contributed by atoms with Gasteiger partial charge in [-0.15, -0.1) is 0 Å². The minimum Gasteiger partial charge on any atom is -0.462 e. The van der Waals surface area contributed by atoms with Gasteiger partial charge in [0.15, 0.2) is 0 Å². The molecule has 0 aliphatic heterocycles. The first-order chi connectivity index (χ1) is 9.70. The lowest BCUT2D eigenvalue weighted by Crippen LogP contribution is -2.20. The molecule has 2 rings (SSSR count). The van der Waals surface area contributed by atoms with Crippen LogP contribution in [0, 0.1) is 0 Å². The molecule has 0 saturated heterocycles. The molecule has 0 amide bonds. The Balaban J connectivity index is 2.15. The maximum Gasteiger partial charge on any atom is 0.340 e. The number of nitrogens with two attached hydrogens (primary N) is 1. The smallest absolute Gasteiger partial charge is 0.340 e. The first kappa shape index (κ1) is 14.7. The maximum atomic E-state index is 12.0. The number of benzene rings is 1. The van der Waals surface area contributed by atoms with Crippen LogP contribution in [-0.2, 0) is 4.74 Å². The lowest BCUT2D eigenvalue weighted by atomic mass is 10.1. The second-order valence-corrected chi connectivity index (χ2v) is 5.36. The summed E-state index contributed by atoms with van der Waals surface area (Å²) >= 11 is 0. The molecular formula is C16H24N2O2. The number of carbonyl (C=O) groups excluding carboxylic acids is 1. The second-order valence-electron chi connectivity index (χ2n) is 5.36. The van der Waals surface area contributed by atoms with E-state index in [0.717, 1.165) is 18.5 Å². The molecule has 4 heteroatoms. The molecule has 0 aromatic heterocycles. The summed E-state index contributed by atoms with van der Waals surface area (Å²) in [7, 11) is 0. The normalized spacial score (nSPS) is 16.4. The molecule has 3 N–H and O–H groups in total. The van der Waals surface area contributed by atoms with Crippen LogP contribution < -0.4 is 11.1 Å². The number of esters is 1. The Kier molecular flexibility index (Phi) is 5.27. The van der Waals surface area contributed by atoms with Gasteiger partial charge < -0.3 is 15.8 Å². The van der Waals surface area contributed by atoms with Crippen LogP contribution in [0.1, 0.15) is 55.8 Å². The van der Waals surface area contributed by atoms with Crippen LogP contribution in [0.2, 0.25) is 0 Å². The number of anilines is 2. The van der Waals surface area contributed by atoms with Gasteiger partial charge in [-0.2, -0.15) is 0 Å². The number of hydrogen-bond acceptors (Lipinski definition) is 4. The monoisotopic (exact) mass is 276 g/mol. The van der Waals surface area contributed by atoms with Crippen molar-refractivity contribution in [2.24, 2.45) is 0 Å². The minimum absolute atomic E-state index is 0.309. The van der Waals surface area contributed by atoms with E-state index >= 15 is 0 Å².